The molecule has 1 aromatic carbocycles. The number of nitrogens with one attached hydrogen (secondary N) is 1. The van der Waals surface area contributed by atoms with Gasteiger partial charge in [-0.2, -0.15) is 0 Å². The van der Waals surface area contributed by atoms with E-state index in [1.54, 1.807) is 11.0 Å². The van der Waals surface area contributed by atoms with E-state index >= 15 is 0 Å². The molecule has 2 aromatic rings. The molecular weight excluding hydrogens is 311 g/mol. The van der Waals surface area contributed by atoms with Gasteiger partial charge in [-0.25, -0.2) is 9.18 Å². The van der Waals surface area contributed by atoms with Gasteiger partial charge in [0.25, 0.3) is 0 Å². The van der Waals surface area contributed by atoms with Gasteiger partial charge in [-0.1, -0.05) is 0 Å². The minimum absolute atomic E-state index is 0.105. The molecule has 0 unspecified atom stereocenters. The van der Waals surface area contributed by atoms with E-state index in [4.69, 9.17) is 4.42 Å². The molecule has 0 radical (unpaired) electrons. The Morgan fingerprint density at radius 1 is 1.54 bits per heavy atom. The molecule has 0 spiro atoms. The Balaban J connectivity index is 1.73. The van der Waals surface area contributed by atoms with Crippen molar-refractivity contribution in [2.45, 2.75) is 32.7 Å². The van der Waals surface area contributed by atoms with Crippen molar-refractivity contribution in [1.29, 1.82) is 0 Å². The normalized spacial score (nSPS) is 19.5. The molecule has 1 aliphatic rings. The molecule has 1 saturated heterocycles. The van der Waals surface area contributed by atoms with Crippen LogP contribution in [0.1, 0.15) is 37.1 Å². The molecular formula is C18H23FN2O3. The zero-order valence-electron chi connectivity index (χ0n) is 14.0. The third kappa shape index (κ3) is 3.24. The maximum Gasteiger partial charge on any atom is 0.317 e. The number of aliphatic hydroxyl groups is 1. The van der Waals surface area contributed by atoms with Crippen LogP contribution in [0.3, 0.4) is 0 Å². The number of halogens is 1. The second kappa shape index (κ2) is 6.81. The number of carbonyl (C=O) groups is 1. The number of aliphatic hydroxyl groups excluding tert-OH is 1. The molecule has 0 bridgehead atoms. The Morgan fingerprint density at radius 2 is 2.33 bits per heavy atom. The first-order valence-electron chi connectivity index (χ1n) is 8.34. The van der Waals surface area contributed by atoms with Crippen LogP contribution in [0.4, 0.5) is 9.18 Å². The van der Waals surface area contributed by atoms with Gasteiger partial charge in [0.2, 0.25) is 0 Å². The summed E-state index contributed by atoms with van der Waals surface area (Å²) in [5.74, 6) is 0.480. The maximum atomic E-state index is 13.4. The highest BCUT2D eigenvalue weighted by molar-refractivity contribution is 5.82. The van der Waals surface area contributed by atoms with Crippen molar-refractivity contribution >= 4 is 17.0 Å². The Bertz CT molecular complexity index is 743. The van der Waals surface area contributed by atoms with Crippen molar-refractivity contribution in [2.75, 3.05) is 19.7 Å². The molecule has 2 N–H and O–H groups in total. The summed E-state index contributed by atoms with van der Waals surface area (Å²) in [7, 11) is 0. The van der Waals surface area contributed by atoms with E-state index in [0.29, 0.717) is 24.4 Å². The average molecular weight is 334 g/mol. The van der Waals surface area contributed by atoms with Crippen LogP contribution in [-0.4, -0.2) is 35.7 Å². The summed E-state index contributed by atoms with van der Waals surface area (Å²) in [5.41, 5.74) is 1.45. The summed E-state index contributed by atoms with van der Waals surface area (Å²) in [5, 5.41) is 13.0. The van der Waals surface area contributed by atoms with Gasteiger partial charge in [0, 0.05) is 30.6 Å². The number of hydrogen-bond donors (Lipinski definition) is 2. The van der Waals surface area contributed by atoms with Gasteiger partial charge in [-0.15, -0.1) is 0 Å². The number of hydrogen-bond acceptors (Lipinski definition) is 3. The molecule has 1 fully saturated rings. The number of rotatable bonds is 3. The average Bonchev–Trinajstić information content (AvgIpc) is 2.91. The number of furan rings is 1. The van der Waals surface area contributed by atoms with Gasteiger partial charge in [-0.3, -0.25) is 0 Å². The largest absolute Gasteiger partial charge is 0.459 e. The standard InChI is InChI=1S/C18H23FN2O3/c1-11-15-8-14(19)5-6-16(15)24-17(11)12(2)20-18(23)21-7-3-4-13(9-21)10-22/h5-6,8,12-13,22H,3-4,7,9-10H2,1-2H3,(H,20,23)/t12-,13+/m1/s1. The third-order valence-electron chi connectivity index (χ3n) is 4.73. The molecule has 5 nitrogen and oxygen atoms in total. The number of amides is 2. The summed E-state index contributed by atoms with van der Waals surface area (Å²) >= 11 is 0. The van der Waals surface area contributed by atoms with Crippen molar-refractivity contribution in [3.8, 4) is 0 Å². The summed E-state index contributed by atoms with van der Waals surface area (Å²) in [6.45, 7) is 5.09. The van der Waals surface area contributed by atoms with E-state index < -0.39 is 0 Å². The summed E-state index contributed by atoms with van der Waals surface area (Å²) in [6.07, 6.45) is 1.85. The Labute approximate surface area is 140 Å². The van der Waals surface area contributed by atoms with Crippen molar-refractivity contribution in [1.82, 2.24) is 10.2 Å². The SMILES string of the molecule is Cc1c([C@@H](C)NC(=O)N2CCC[C@H](CO)C2)oc2ccc(F)cc12. The monoisotopic (exact) mass is 334 g/mol. The lowest BCUT2D eigenvalue weighted by Crippen LogP contribution is -2.46. The summed E-state index contributed by atoms with van der Waals surface area (Å²) < 4.78 is 19.2. The lowest BCUT2D eigenvalue weighted by Gasteiger charge is -2.32. The van der Waals surface area contributed by atoms with Gasteiger partial charge < -0.3 is 19.7 Å². The molecule has 2 atom stereocenters. The molecule has 24 heavy (non-hydrogen) atoms. The number of likely N-dealkylation sites (tertiary alicyclic amines) is 1. The van der Waals surface area contributed by atoms with Crippen LogP contribution in [0.25, 0.3) is 11.0 Å². The van der Waals surface area contributed by atoms with Crippen LogP contribution in [0.2, 0.25) is 0 Å². The Morgan fingerprint density at radius 3 is 3.08 bits per heavy atom. The van der Waals surface area contributed by atoms with E-state index in [9.17, 15) is 14.3 Å². The second-order valence-electron chi connectivity index (χ2n) is 6.54. The summed E-state index contributed by atoms with van der Waals surface area (Å²) in [4.78, 5) is 14.2. The second-order valence-corrected chi connectivity index (χ2v) is 6.54. The zero-order valence-corrected chi connectivity index (χ0v) is 14.0. The predicted octanol–water partition coefficient (Wildman–Crippen LogP) is 3.36. The summed E-state index contributed by atoms with van der Waals surface area (Å²) in [6, 6.07) is 3.94. The fourth-order valence-electron chi connectivity index (χ4n) is 3.37. The quantitative estimate of drug-likeness (QED) is 0.904. The molecule has 2 heterocycles. The Hall–Kier alpha value is -2.08. The fourth-order valence-corrected chi connectivity index (χ4v) is 3.37. The molecule has 2 amide bonds. The number of nitrogens with zero attached hydrogens (tertiary/aromatic N) is 1. The Kier molecular flexibility index (Phi) is 4.76. The van der Waals surface area contributed by atoms with Gasteiger partial charge >= 0.3 is 6.03 Å². The maximum absolute atomic E-state index is 13.4. The van der Waals surface area contributed by atoms with Crippen LogP contribution in [0.15, 0.2) is 22.6 Å². The molecule has 6 heteroatoms. The molecule has 1 aromatic heterocycles. The lowest BCUT2D eigenvalue weighted by atomic mass is 9.99. The zero-order chi connectivity index (χ0) is 17.3. The third-order valence-corrected chi connectivity index (χ3v) is 4.73. The minimum atomic E-state index is -0.317. The van der Waals surface area contributed by atoms with Crippen molar-refractivity contribution in [3.63, 3.8) is 0 Å². The number of carbonyl (C=O) groups excluding carboxylic acids is 1. The number of urea groups is 1. The van der Waals surface area contributed by atoms with E-state index in [-0.39, 0.29) is 30.4 Å². The minimum Gasteiger partial charge on any atom is -0.459 e. The van der Waals surface area contributed by atoms with E-state index in [1.807, 2.05) is 13.8 Å². The number of piperidine rings is 1. The highest BCUT2D eigenvalue weighted by atomic mass is 19.1. The lowest BCUT2D eigenvalue weighted by molar-refractivity contribution is 0.127. The molecule has 3 rings (SSSR count). The van der Waals surface area contributed by atoms with E-state index in [2.05, 4.69) is 5.32 Å². The van der Waals surface area contributed by atoms with Crippen LogP contribution in [0, 0.1) is 18.7 Å². The van der Waals surface area contributed by atoms with Gasteiger partial charge in [0.1, 0.15) is 17.2 Å². The highest BCUT2D eigenvalue weighted by Crippen LogP contribution is 2.30. The fraction of sp³-hybridized carbons (Fsp3) is 0.500. The van der Waals surface area contributed by atoms with Crippen LogP contribution in [0.5, 0.6) is 0 Å². The van der Waals surface area contributed by atoms with Crippen molar-refractivity contribution in [2.24, 2.45) is 5.92 Å². The molecule has 0 saturated carbocycles. The molecule has 130 valence electrons. The molecule has 1 aliphatic heterocycles. The van der Waals surface area contributed by atoms with E-state index in [0.717, 1.165) is 23.8 Å². The van der Waals surface area contributed by atoms with Crippen molar-refractivity contribution < 1.29 is 18.7 Å². The van der Waals surface area contributed by atoms with E-state index in [1.165, 1.54) is 12.1 Å². The smallest absolute Gasteiger partial charge is 0.317 e. The number of aryl methyl sites for hydroxylation is 1. The van der Waals surface area contributed by atoms with Gasteiger partial charge in [-0.05, 0) is 50.8 Å². The first-order valence-corrected chi connectivity index (χ1v) is 8.34. The van der Waals surface area contributed by atoms with Gasteiger partial charge in [0.15, 0.2) is 0 Å². The number of benzene rings is 1. The first-order chi connectivity index (χ1) is 11.5. The predicted molar refractivity (Wildman–Crippen MR) is 89.2 cm³/mol. The van der Waals surface area contributed by atoms with Gasteiger partial charge in [0.05, 0.1) is 6.04 Å². The van der Waals surface area contributed by atoms with Crippen LogP contribution in [-0.2, 0) is 0 Å². The van der Waals surface area contributed by atoms with Crippen LogP contribution < -0.4 is 5.32 Å². The van der Waals surface area contributed by atoms with Crippen LogP contribution >= 0.6 is 0 Å². The van der Waals surface area contributed by atoms with Crippen molar-refractivity contribution in [3.05, 3.63) is 35.3 Å². The highest BCUT2D eigenvalue weighted by Gasteiger charge is 2.25. The molecule has 0 aliphatic carbocycles. The first kappa shape index (κ1) is 16.8. The number of fused-ring (bicyclic) bond motifs is 1. The topological polar surface area (TPSA) is 65.7 Å².